The quantitative estimate of drug-likeness (QED) is 0.826. The molecule has 1 fully saturated rings. The normalized spacial score (nSPS) is 17.0. The molecular weight excluding hydrogens is 228 g/mol. The predicted octanol–water partition coefficient (Wildman–Crippen LogP) is 1.33. The van der Waals surface area contributed by atoms with Gasteiger partial charge in [-0.1, -0.05) is 24.3 Å². The number of nitrogens with two attached hydrogens (primary N) is 1. The molecule has 0 atom stereocenters. The van der Waals surface area contributed by atoms with E-state index in [1.807, 2.05) is 24.3 Å². The van der Waals surface area contributed by atoms with Gasteiger partial charge in [0.1, 0.15) is 0 Å². The Hall–Kier alpha value is -1.39. The first-order valence-corrected chi connectivity index (χ1v) is 6.28. The second-order valence-corrected chi connectivity index (χ2v) is 4.89. The summed E-state index contributed by atoms with van der Waals surface area (Å²) >= 11 is 0. The van der Waals surface area contributed by atoms with Crippen LogP contribution in [0.25, 0.3) is 0 Å². The predicted molar refractivity (Wildman–Crippen MR) is 69.8 cm³/mol. The maximum Gasteiger partial charge on any atom is 0.240 e. The first kappa shape index (κ1) is 13.1. The summed E-state index contributed by atoms with van der Waals surface area (Å²) in [4.78, 5) is 11.9. The molecule has 1 aromatic rings. The van der Waals surface area contributed by atoms with Crippen molar-refractivity contribution in [1.82, 2.24) is 5.32 Å². The SMILES string of the molecule is COCc1ccccc1CNC(=O)C1(N)CCC1. The molecule has 1 aromatic carbocycles. The molecule has 1 amide bonds. The zero-order chi connectivity index (χ0) is 13.0. The van der Waals surface area contributed by atoms with E-state index in [1.54, 1.807) is 7.11 Å². The molecule has 1 aliphatic carbocycles. The maximum absolute atomic E-state index is 11.9. The lowest BCUT2D eigenvalue weighted by Gasteiger charge is -2.36. The molecule has 18 heavy (non-hydrogen) atoms. The van der Waals surface area contributed by atoms with Crippen molar-refractivity contribution in [3.63, 3.8) is 0 Å². The van der Waals surface area contributed by atoms with Crippen LogP contribution < -0.4 is 11.1 Å². The van der Waals surface area contributed by atoms with E-state index in [-0.39, 0.29) is 5.91 Å². The molecule has 3 N–H and O–H groups in total. The third kappa shape index (κ3) is 2.71. The number of ether oxygens (including phenoxy) is 1. The minimum Gasteiger partial charge on any atom is -0.380 e. The van der Waals surface area contributed by atoms with Crippen LogP contribution in [0.5, 0.6) is 0 Å². The molecule has 2 rings (SSSR count). The van der Waals surface area contributed by atoms with Crippen molar-refractivity contribution < 1.29 is 9.53 Å². The molecule has 4 nitrogen and oxygen atoms in total. The summed E-state index contributed by atoms with van der Waals surface area (Å²) in [6.07, 6.45) is 2.63. The maximum atomic E-state index is 11.9. The van der Waals surface area contributed by atoms with Crippen molar-refractivity contribution in [3.8, 4) is 0 Å². The lowest BCUT2D eigenvalue weighted by molar-refractivity contribution is -0.129. The summed E-state index contributed by atoms with van der Waals surface area (Å²) in [5, 5.41) is 2.92. The van der Waals surface area contributed by atoms with Crippen LogP contribution in [0.3, 0.4) is 0 Å². The van der Waals surface area contributed by atoms with E-state index in [9.17, 15) is 4.79 Å². The number of hydrogen-bond acceptors (Lipinski definition) is 3. The monoisotopic (exact) mass is 248 g/mol. The van der Waals surface area contributed by atoms with E-state index in [4.69, 9.17) is 10.5 Å². The van der Waals surface area contributed by atoms with Gasteiger partial charge in [0.2, 0.25) is 5.91 Å². The lowest BCUT2D eigenvalue weighted by atomic mass is 9.77. The van der Waals surface area contributed by atoms with Crippen LogP contribution in [0.15, 0.2) is 24.3 Å². The Bertz CT molecular complexity index is 428. The Labute approximate surface area is 108 Å². The number of benzene rings is 1. The van der Waals surface area contributed by atoms with Gasteiger partial charge in [0.05, 0.1) is 12.1 Å². The zero-order valence-corrected chi connectivity index (χ0v) is 10.7. The topological polar surface area (TPSA) is 64.3 Å². The van der Waals surface area contributed by atoms with Crippen molar-refractivity contribution >= 4 is 5.91 Å². The number of rotatable bonds is 5. The molecule has 0 heterocycles. The highest BCUT2D eigenvalue weighted by Gasteiger charge is 2.39. The number of methoxy groups -OCH3 is 1. The number of carbonyl (C=O) groups is 1. The molecule has 1 aliphatic rings. The fraction of sp³-hybridized carbons (Fsp3) is 0.500. The number of amides is 1. The van der Waals surface area contributed by atoms with Crippen LogP contribution in [-0.4, -0.2) is 18.6 Å². The van der Waals surface area contributed by atoms with Crippen molar-refractivity contribution in [2.45, 2.75) is 38.0 Å². The van der Waals surface area contributed by atoms with Crippen molar-refractivity contribution in [1.29, 1.82) is 0 Å². The average Bonchev–Trinajstić information content (AvgIpc) is 2.35. The number of hydrogen-bond donors (Lipinski definition) is 2. The molecule has 0 unspecified atom stereocenters. The van der Waals surface area contributed by atoms with E-state index in [0.29, 0.717) is 13.2 Å². The Morgan fingerprint density at radius 2 is 2.06 bits per heavy atom. The van der Waals surface area contributed by atoms with Crippen molar-refractivity contribution in [2.75, 3.05) is 7.11 Å². The van der Waals surface area contributed by atoms with Gasteiger partial charge in [-0.15, -0.1) is 0 Å². The largest absolute Gasteiger partial charge is 0.380 e. The summed E-state index contributed by atoms with van der Waals surface area (Å²) in [6, 6.07) is 7.93. The van der Waals surface area contributed by atoms with Gasteiger partial charge in [-0.05, 0) is 30.4 Å². The van der Waals surface area contributed by atoms with Crippen molar-refractivity contribution in [3.05, 3.63) is 35.4 Å². The van der Waals surface area contributed by atoms with Gasteiger partial charge in [-0.2, -0.15) is 0 Å². The van der Waals surface area contributed by atoms with Crippen LogP contribution in [0, 0.1) is 0 Å². The Balaban J connectivity index is 1.95. The Morgan fingerprint density at radius 1 is 1.39 bits per heavy atom. The fourth-order valence-electron chi connectivity index (χ4n) is 2.16. The lowest BCUT2D eigenvalue weighted by Crippen LogP contribution is -2.58. The summed E-state index contributed by atoms with van der Waals surface area (Å²) in [6.45, 7) is 1.07. The van der Waals surface area contributed by atoms with Gasteiger partial charge >= 0.3 is 0 Å². The van der Waals surface area contributed by atoms with Gasteiger partial charge in [0.25, 0.3) is 0 Å². The first-order chi connectivity index (χ1) is 8.65. The zero-order valence-electron chi connectivity index (χ0n) is 10.7. The minimum absolute atomic E-state index is 0.0408. The number of carbonyl (C=O) groups excluding carboxylic acids is 1. The smallest absolute Gasteiger partial charge is 0.240 e. The van der Waals surface area contributed by atoms with E-state index in [0.717, 1.165) is 30.4 Å². The molecular formula is C14H20N2O2. The molecule has 0 spiro atoms. The third-order valence-electron chi connectivity index (χ3n) is 3.56. The summed E-state index contributed by atoms with van der Waals surface area (Å²) in [5.74, 6) is -0.0408. The summed E-state index contributed by atoms with van der Waals surface area (Å²) in [7, 11) is 1.67. The Kier molecular flexibility index (Phi) is 3.99. The van der Waals surface area contributed by atoms with E-state index < -0.39 is 5.54 Å². The highest BCUT2D eigenvalue weighted by atomic mass is 16.5. The molecule has 0 aliphatic heterocycles. The van der Waals surface area contributed by atoms with Gasteiger partial charge in [0.15, 0.2) is 0 Å². The van der Waals surface area contributed by atoms with Crippen LogP contribution in [0.2, 0.25) is 0 Å². The van der Waals surface area contributed by atoms with Gasteiger partial charge in [-0.3, -0.25) is 4.79 Å². The van der Waals surface area contributed by atoms with Gasteiger partial charge in [0, 0.05) is 13.7 Å². The van der Waals surface area contributed by atoms with Crippen molar-refractivity contribution in [2.24, 2.45) is 5.73 Å². The number of nitrogens with one attached hydrogen (secondary N) is 1. The van der Waals surface area contributed by atoms with E-state index >= 15 is 0 Å². The Morgan fingerprint density at radius 3 is 2.61 bits per heavy atom. The fourth-order valence-corrected chi connectivity index (χ4v) is 2.16. The molecule has 0 aromatic heterocycles. The summed E-state index contributed by atoms with van der Waals surface area (Å²) < 4.78 is 5.14. The van der Waals surface area contributed by atoms with Gasteiger partial charge < -0.3 is 15.8 Å². The molecule has 0 bridgehead atoms. The highest BCUT2D eigenvalue weighted by molar-refractivity contribution is 5.86. The second-order valence-electron chi connectivity index (χ2n) is 4.89. The molecule has 4 heteroatoms. The van der Waals surface area contributed by atoms with Crippen LogP contribution in [0.4, 0.5) is 0 Å². The third-order valence-corrected chi connectivity index (χ3v) is 3.56. The highest BCUT2D eigenvalue weighted by Crippen LogP contribution is 2.29. The molecule has 98 valence electrons. The average molecular weight is 248 g/mol. The second kappa shape index (κ2) is 5.50. The standard InChI is InChI=1S/C14H20N2O2/c1-18-10-12-6-3-2-5-11(12)9-16-13(17)14(15)7-4-8-14/h2-3,5-6H,4,7-10,15H2,1H3,(H,16,17). The summed E-state index contributed by atoms with van der Waals surface area (Å²) in [5.41, 5.74) is 7.52. The molecule has 0 saturated heterocycles. The van der Waals surface area contributed by atoms with Gasteiger partial charge in [-0.25, -0.2) is 0 Å². The van der Waals surface area contributed by atoms with E-state index in [1.165, 1.54) is 0 Å². The van der Waals surface area contributed by atoms with Crippen LogP contribution in [-0.2, 0) is 22.7 Å². The first-order valence-electron chi connectivity index (χ1n) is 6.28. The molecule has 1 saturated carbocycles. The minimum atomic E-state index is -0.629. The van der Waals surface area contributed by atoms with Crippen LogP contribution >= 0.6 is 0 Å². The molecule has 0 radical (unpaired) electrons. The van der Waals surface area contributed by atoms with Crippen LogP contribution in [0.1, 0.15) is 30.4 Å². The van der Waals surface area contributed by atoms with E-state index in [2.05, 4.69) is 5.32 Å².